The van der Waals surface area contributed by atoms with Crippen molar-refractivity contribution in [3.63, 3.8) is 0 Å². The average molecular weight is 441 g/mol. The van der Waals surface area contributed by atoms with E-state index in [0.717, 1.165) is 29.1 Å². The van der Waals surface area contributed by atoms with Crippen molar-refractivity contribution in [1.82, 2.24) is 9.38 Å². The predicted octanol–water partition coefficient (Wildman–Crippen LogP) is 6.51. The molecule has 0 fully saturated rings. The maximum atomic E-state index is 12.3. The maximum Gasteiger partial charge on any atom is 0.573 e. The van der Waals surface area contributed by atoms with Gasteiger partial charge < -0.3 is 19.2 Å². The van der Waals surface area contributed by atoms with Crippen LogP contribution in [0.2, 0.25) is 0 Å². The van der Waals surface area contributed by atoms with Crippen molar-refractivity contribution in [2.75, 3.05) is 5.32 Å². The summed E-state index contributed by atoms with van der Waals surface area (Å²) in [4.78, 5) is 4.70. The Bertz CT molecular complexity index is 1200. The fraction of sp³-hybridized carbons (Fsp3) is 0.208. The van der Waals surface area contributed by atoms with Crippen LogP contribution in [0.3, 0.4) is 0 Å². The fourth-order valence-electron chi connectivity index (χ4n) is 3.39. The first kappa shape index (κ1) is 21.5. The summed E-state index contributed by atoms with van der Waals surface area (Å²) < 4.78 is 48.4. The third-order valence-electron chi connectivity index (χ3n) is 4.89. The lowest BCUT2D eigenvalue weighted by Gasteiger charge is -2.11. The van der Waals surface area contributed by atoms with E-state index in [4.69, 9.17) is 9.72 Å². The Labute approximate surface area is 183 Å². The second kappa shape index (κ2) is 8.82. The van der Waals surface area contributed by atoms with Crippen LogP contribution in [0.5, 0.6) is 17.2 Å². The van der Waals surface area contributed by atoms with Crippen molar-refractivity contribution < 1.29 is 22.6 Å². The number of imidazole rings is 1. The first-order valence-electron chi connectivity index (χ1n) is 10.1. The molecule has 4 aromatic rings. The van der Waals surface area contributed by atoms with Crippen LogP contribution in [0.1, 0.15) is 23.9 Å². The summed E-state index contributed by atoms with van der Waals surface area (Å²) in [6.07, 6.45) is -1.79. The number of benzene rings is 2. The van der Waals surface area contributed by atoms with Crippen LogP contribution in [0.4, 0.5) is 18.9 Å². The fourth-order valence-corrected chi connectivity index (χ4v) is 3.39. The second-order valence-corrected chi connectivity index (χ2v) is 7.29. The van der Waals surface area contributed by atoms with Gasteiger partial charge in [0.15, 0.2) is 0 Å². The normalized spacial score (nSPS) is 11.5. The van der Waals surface area contributed by atoms with Crippen LogP contribution in [0.15, 0.2) is 66.9 Å². The van der Waals surface area contributed by atoms with E-state index >= 15 is 0 Å². The Balaban J connectivity index is 1.40. The molecule has 0 bridgehead atoms. The van der Waals surface area contributed by atoms with Crippen molar-refractivity contribution in [3.8, 4) is 17.2 Å². The molecule has 32 heavy (non-hydrogen) atoms. The van der Waals surface area contributed by atoms with Gasteiger partial charge in [-0.25, -0.2) is 4.98 Å². The molecule has 0 spiro atoms. The lowest BCUT2D eigenvalue weighted by Crippen LogP contribution is -2.16. The number of nitrogens with one attached hydrogen (secondary N) is 1. The number of aromatic nitrogens is 2. The largest absolute Gasteiger partial charge is 0.573 e. The third kappa shape index (κ3) is 5.14. The molecule has 0 aliphatic heterocycles. The number of pyridine rings is 1. The third-order valence-corrected chi connectivity index (χ3v) is 4.89. The Morgan fingerprint density at radius 3 is 2.16 bits per heavy atom. The molecule has 2 heterocycles. The van der Waals surface area contributed by atoms with E-state index in [1.165, 1.54) is 29.8 Å². The lowest BCUT2D eigenvalue weighted by atomic mass is 10.2. The molecule has 2 aromatic heterocycles. The van der Waals surface area contributed by atoms with Crippen molar-refractivity contribution in [2.45, 2.75) is 33.2 Å². The van der Waals surface area contributed by atoms with Crippen molar-refractivity contribution >= 4 is 11.3 Å². The molecule has 5 nitrogen and oxygen atoms in total. The number of hydrogen-bond acceptors (Lipinski definition) is 4. The number of ether oxygens (including phenoxy) is 2. The van der Waals surface area contributed by atoms with Gasteiger partial charge in [-0.15, -0.1) is 13.2 Å². The number of alkyl halides is 3. The molecule has 0 aliphatic carbocycles. The molecule has 0 radical (unpaired) electrons. The minimum absolute atomic E-state index is 0.293. The van der Waals surface area contributed by atoms with Crippen LogP contribution >= 0.6 is 0 Å². The molecule has 166 valence electrons. The van der Waals surface area contributed by atoms with Crippen molar-refractivity contribution in [3.05, 3.63) is 83.8 Å². The van der Waals surface area contributed by atoms with Crippen LogP contribution < -0.4 is 14.8 Å². The predicted molar refractivity (Wildman–Crippen MR) is 116 cm³/mol. The smallest absolute Gasteiger partial charge is 0.457 e. The van der Waals surface area contributed by atoms with E-state index in [0.29, 0.717) is 18.0 Å². The number of nitrogens with zero attached hydrogens (tertiary/aromatic N) is 2. The molecule has 8 heteroatoms. The van der Waals surface area contributed by atoms with E-state index < -0.39 is 6.36 Å². The number of rotatable bonds is 7. The van der Waals surface area contributed by atoms with Crippen LogP contribution in [-0.2, 0) is 13.0 Å². The summed E-state index contributed by atoms with van der Waals surface area (Å²) in [6.45, 7) is 4.76. The Hall–Kier alpha value is -3.68. The van der Waals surface area contributed by atoms with E-state index in [2.05, 4.69) is 40.6 Å². The van der Waals surface area contributed by atoms with Gasteiger partial charge in [0.25, 0.3) is 0 Å². The quantitative estimate of drug-likeness (QED) is 0.355. The van der Waals surface area contributed by atoms with Gasteiger partial charge >= 0.3 is 6.36 Å². The summed E-state index contributed by atoms with van der Waals surface area (Å²) in [5.74, 6) is 0.687. The Morgan fingerprint density at radius 1 is 0.906 bits per heavy atom. The average Bonchev–Trinajstić information content (AvgIpc) is 3.10. The lowest BCUT2D eigenvalue weighted by molar-refractivity contribution is -0.274. The standard InChI is InChI=1S/C24H22F3N3O2/c1-3-21-22(30-15-16(2)4-13-23(30)29-21)14-28-17-5-7-18(8-6-17)31-19-9-11-20(12-10-19)32-24(25,26)27/h4-13,15,28H,3,14H2,1-2H3. The Morgan fingerprint density at radius 2 is 1.53 bits per heavy atom. The van der Waals surface area contributed by atoms with Crippen LogP contribution in [0, 0.1) is 6.92 Å². The number of anilines is 1. The zero-order valence-corrected chi connectivity index (χ0v) is 17.6. The van der Waals surface area contributed by atoms with Gasteiger partial charge in [-0.3, -0.25) is 0 Å². The molecule has 0 atom stereocenters. The molecule has 0 aliphatic rings. The number of aryl methyl sites for hydroxylation is 2. The first-order valence-corrected chi connectivity index (χ1v) is 10.1. The van der Waals surface area contributed by atoms with Crippen molar-refractivity contribution in [1.29, 1.82) is 0 Å². The minimum Gasteiger partial charge on any atom is -0.457 e. The molecule has 0 unspecified atom stereocenters. The van der Waals surface area contributed by atoms with Gasteiger partial charge in [-0.2, -0.15) is 0 Å². The van der Waals surface area contributed by atoms with E-state index in [9.17, 15) is 13.2 Å². The number of fused-ring (bicyclic) bond motifs is 1. The van der Waals surface area contributed by atoms with Gasteiger partial charge in [-0.05, 0) is 73.5 Å². The summed E-state index contributed by atoms with van der Waals surface area (Å²) in [7, 11) is 0. The number of hydrogen-bond donors (Lipinski definition) is 1. The molecule has 2 aromatic carbocycles. The highest BCUT2D eigenvalue weighted by molar-refractivity contribution is 5.50. The second-order valence-electron chi connectivity index (χ2n) is 7.29. The van der Waals surface area contributed by atoms with Gasteiger partial charge in [0.2, 0.25) is 0 Å². The van der Waals surface area contributed by atoms with Gasteiger partial charge in [0.05, 0.1) is 17.9 Å². The molecule has 4 rings (SSSR count). The molecule has 0 saturated heterocycles. The van der Waals surface area contributed by atoms with E-state index in [1.54, 1.807) is 12.1 Å². The summed E-state index contributed by atoms with van der Waals surface area (Å²) >= 11 is 0. The maximum absolute atomic E-state index is 12.3. The highest BCUT2D eigenvalue weighted by Gasteiger charge is 2.31. The Kier molecular flexibility index (Phi) is 5.94. The highest BCUT2D eigenvalue weighted by atomic mass is 19.4. The SMILES string of the molecule is CCc1nc2ccc(C)cn2c1CNc1ccc(Oc2ccc(OC(F)(F)F)cc2)cc1. The van der Waals surface area contributed by atoms with E-state index in [-0.39, 0.29) is 5.75 Å². The van der Waals surface area contributed by atoms with Gasteiger partial charge in [0, 0.05) is 11.9 Å². The monoisotopic (exact) mass is 441 g/mol. The zero-order chi connectivity index (χ0) is 22.7. The summed E-state index contributed by atoms with van der Waals surface area (Å²) in [5.41, 5.74) is 5.18. The summed E-state index contributed by atoms with van der Waals surface area (Å²) in [5, 5.41) is 3.41. The number of halogens is 3. The minimum atomic E-state index is -4.72. The molecular formula is C24H22F3N3O2. The van der Waals surface area contributed by atoms with Crippen molar-refractivity contribution in [2.24, 2.45) is 0 Å². The zero-order valence-electron chi connectivity index (χ0n) is 17.6. The molecule has 0 saturated carbocycles. The topological polar surface area (TPSA) is 47.8 Å². The molecule has 0 amide bonds. The van der Waals surface area contributed by atoms with Gasteiger partial charge in [-0.1, -0.05) is 13.0 Å². The van der Waals surface area contributed by atoms with Crippen LogP contribution in [0.25, 0.3) is 5.65 Å². The van der Waals surface area contributed by atoms with Gasteiger partial charge in [0.1, 0.15) is 22.9 Å². The summed E-state index contributed by atoms with van der Waals surface area (Å²) in [6, 6.07) is 16.7. The van der Waals surface area contributed by atoms with E-state index in [1.807, 2.05) is 18.2 Å². The molecular weight excluding hydrogens is 419 g/mol. The van der Waals surface area contributed by atoms with Crippen LogP contribution in [-0.4, -0.2) is 15.7 Å². The highest BCUT2D eigenvalue weighted by Crippen LogP contribution is 2.28. The molecule has 1 N–H and O–H groups in total. The first-order chi connectivity index (χ1) is 15.3.